The van der Waals surface area contributed by atoms with E-state index in [1.165, 1.54) is 6.92 Å². The minimum absolute atomic E-state index is 0.0451. The van der Waals surface area contributed by atoms with Crippen molar-refractivity contribution in [3.05, 3.63) is 42.0 Å². The molecule has 110 valence electrons. The minimum atomic E-state index is -0.0821. The molecule has 2 atom stereocenters. The molecule has 0 aromatic heterocycles. The summed E-state index contributed by atoms with van der Waals surface area (Å²) in [7, 11) is 1.68. The van der Waals surface area contributed by atoms with Crippen molar-refractivity contribution in [1.82, 2.24) is 0 Å². The SMILES string of the molecule is CO[C@H](c1ccc(NC(C)=O)cc1)[C@H](C)/C=C/CCO. The molecule has 0 aliphatic carbocycles. The number of anilines is 1. The van der Waals surface area contributed by atoms with Crippen LogP contribution in [0.5, 0.6) is 0 Å². The van der Waals surface area contributed by atoms with Crippen LogP contribution in [-0.2, 0) is 9.53 Å². The van der Waals surface area contributed by atoms with E-state index in [4.69, 9.17) is 9.84 Å². The monoisotopic (exact) mass is 277 g/mol. The zero-order valence-electron chi connectivity index (χ0n) is 12.3. The third-order valence-electron chi connectivity index (χ3n) is 3.03. The molecule has 4 nitrogen and oxygen atoms in total. The van der Waals surface area contributed by atoms with Crippen LogP contribution in [0.1, 0.15) is 31.9 Å². The number of hydrogen-bond acceptors (Lipinski definition) is 3. The van der Waals surface area contributed by atoms with E-state index in [9.17, 15) is 4.79 Å². The van der Waals surface area contributed by atoms with E-state index in [1.807, 2.05) is 36.4 Å². The number of carbonyl (C=O) groups is 1. The standard InChI is InChI=1S/C16H23NO3/c1-12(6-4-5-11-18)16(20-3)14-7-9-15(10-8-14)17-13(2)19/h4,6-10,12,16,18H,5,11H2,1-3H3,(H,17,19)/b6-4+/t12-,16+/m1/s1. The van der Waals surface area contributed by atoms with Crippen molar-refractivity contribution in [2.24, 2.45) is 5.92 Å². The molecule has 0 unspecified atom stereocenters. The van der Waals surface area contributed by atoms with Gasteiger partial charge in [0.25, 0.3) is 0 Å². The van der Waals surface area contributed by atoms with Crippen LogP contribution in [0.15, 0.2) is 36.4 Å². The van der Waals surface area contributed by atoms with Gasteiger partial charge in [0.05, 0.1) is 6.10 Å². The topological polar surface area (TPSA) is 58.6 Å². The fourth-order valence-corrected chi connectivity index (χ4v) is 2.10. The van der Waals surface area contributed by atoms with Gasteiger partial charge in [0.2, 0.25) is 5.91 Å². The number of nitrogens with one attached hydrogen (secondary N) is 1. The average Bonchev–Trinajstić information content (AvgIpc) is 2.41. The van der Waals surface area contributed by atoms with Crippen molar-refractivity contribution in [3.8, 4) is 0 Å². The van der Waals surface area contributed by atoms with Crippen LogP contribution in [0, 0.1) is 5.92 Å². The third kappa shape index (κ3) is 5.15. The van der Waals surface area contributed by atoms with Gasteiger partial charge >= 0.3 is 0 Å². The van der Waals surface area contributed by atoms with Crippen molar-refractivity contribution >= 4 is 11.6 Å². The zero-order valence-corrected chi connectivity index (χ0v) is 12.3. The highest BCUT2D eigenvalue weighted by Gasteiger charge is 2.16. The number of benzene rings is 1. The number of carbonyl (C=O) groups excluding carboxylic acids is 1. The second-order valence-corrected chi connectivity index (χ2v) is 4.76. The fraction of sp³-hybridized carbons (Fsp3) is 0.438. The van der Waals surface area contributed by atoms with Gasteiger partial charge in [-0.1, -0.05) is 31.2 Å². The molecule has 0 spiro atoms. The van der Waals surface area contributed by atoms with E-state index >= 15 is 0 Å². The van der Waals surface area contributed by atoms with Crippen LogP contribution in [-0.4, -0.2) is 24.7 Å². The van der Waals surface area contributed by atoms with Gasteiger partial charge < -0.3 is 15.2 Å². The highest BCUT2D eigenvalue weighted by atomic mass is 16.5. The maximum atomic E-state index is 11.0. The Balaban J connectivity index is 2.76. The molecule has 0 heterocycles. The number of hydrogen-bond donors (Lipinski definition) is 2. The van der Waals surface area contributed by atoms with Crippen LogP contribution >= 0.6 is 0 Å². The predicted molar refractivity (Wildman–Crippen MR) is 80.5 cm³/mol. The number of methoxy groups -OCH3 is 1. The van der Waals surface area contributed by atoms with Crippen molar-refractivity contribution < 1.29 is 14.6 Å². The normalized spacial score (nSPS) is 14.2. The summed E-state index contributed by atoms with van der Waals surface area (Å²) in [5.41, 5.74) is 1.84. The maximum Gasteiger partial charge on any atom is 0.221 e. The van der Waals surface area contributed by atoms with Gasteiger partial charge in [0.1, 0.15) is 0 Å². The summed E-state index contributed by atoms with van der Waals surface area (Å²) < 4.78 is 5.55. The number of ether oxygens (including phenoxy) is 1. The van der Waals surface area contributed by atoms with Crippen LogP contribution in [0.2, 0.25) is 0 Å². The molecule has 0 saturated heterocycles. The summed E-state index contributed by atoms with van der Waals surface area (Å²) in [6.07, 6.45) is 4.62. The van der Waals surface area contributed by atoms with Crippen molar-refractivity contribution in [3.63, 3.8) is 0 Å². The molecule has 1 aromatic carbocycles. The summed E-state index contributed by atoms with van der Waals surface area (Å²) in [5, 5.41) is 11.5. The van der Waals surface area contributed by atoms with E-state index < -0.39 is 0 Å². The number of amides is 1. The molecule has 0 aliphatic heterocycles. The third-order valence-corrected chi connectivity index (χ3v) is 3.03. The molecule has 1 aromatic rings. The first-order valence-electron chi connectivity index (χ1n) is 6.76. The summed E-state index contributed by atoms with van der Waals surface area (Å²) in [6.45, 7) is 3.72. The van der Waals surface area contributed by atoms with Crippen molar-refractivity contribution in [2.45, 2.75) is 26.4 Å². The van der Waals surface area contributed by atoms with Gasteiger partial charge in [-0.2, -0.15) is 0 Å². The number of aliphatic hydroxyl groups excluding tert-OH is 1. The lowest BCUT2D eigenvalue weighted by atomic mass is 9.96. The first kappa shape index (κ1) is 16.4. The molecule has 0 saturated carbocycles. The summed E-state index contributed by atoms with van der Waals surface area (Å²) in [5.74, 6) is 0.125. The quantitative estimate of drug-likeness (QED) is 0.753. The van der Waals surface area contributed by atoms with Gasteiger partial charge in [-0.3, -0.25) is 4.79 Å². The van der Waals surface area contributed by atoms with E-state index in [-0.39, 0.29) is 24.5 Å². The molecule has 1 rings (SSSR count). The molecule has 20 heavy (non-hydrogen) atoms. The van der Waals surface area contributed by atoms with Crippen LogP contribution in [0.4, 0.5) is 5.69 Å². The Kier molecular flexibility index (Phi) is 6.98. The van der Waals surface area contributed by atoms with Gasteiger partial charge in [0, 0.05) is 32.2 Å². The number of rotatable bonds is 7. The molecule has 2 N–H and O–H groups in total. The molecule has 0 bridgehead atoms. The Bertz CT molecular complexity index is 440. The Labute approximate surface area is 120 Å². The van der Waals surface area contributed by atoms with Crippen LogP contribution in [0.3, 0.4) is 0 Å². The second kappa shape index (κ2) is 8.51. The first-order valence-corrected chi connectivity index (χ1v) is 6.76. The molecule has 4 heteroatoms. The average molecular weight is 277 g/mol. The molecule has 0 fully saturated rings. The van der Waals surface area contributed by atoms with E-state index in [0.717, 1.165) is 11.3 Å². The largest absolute Gasteiger partial charge is 0.396 e. The molecular weight excluding hydrogens is 254 g/mol. The van der Waals surface area contributed by atoms with Crippen LogP contribution in [0.25, 0.3) is 0 Å². The Morgan fingerprint density at radius 2 is 2.05 bits per heavy atom. The van der Waals surface area contributed by atoms with Crippen molar-refractivity contribution in [2.75, 3.05) is 19.0 Å². The summed E-state index contributed by atoms with van der Waals surface area (Å²) >= 11 is 0. The van der Waals surface area contributed by atoms with E-state index in [2.05, 4.69) is 12.2 Å². The van der Waals surface area contributed by atoms with Gasteiger partial charge in [-0.25, -0.2) is 0 Å². The molecular formula is C16H23NO3. The molecule has 1 amide bonds. The lowest BCUT2D eigenvalue weighted by molar-refractivity contribution is -0.114. The second-order valence-electron chi connectivity index (χ2n) is 4.76. The summed E-state index contributed by atoms with van der Waals surface area (Å²) in [4.78, 5) is 11.0. The Morgan fingerprint density at radius 1 is 1.40 bits per heavy atom. The highest BCUT2D eigenvalue weighted by molar-refractivity contribution is 5.88. The van der Waals surface area contributed by atoms with E-state index in [1.54, 1.807) is 7.11 Å². The van der Waals surface area contributed by atoms with Gasteiger partial charge in [0.15, 0.2) is 0 Å². The van der Waals surface area contributed by atoms with Crippen LogP contribution < -0.4 is 5.32 Å². The van der Waals surface area contributed by atoms with Crippen molar-refractivity contribution in [1.29, 1.82) is 0 Å². The van der Waals surface area contributed by atoms with E-state index in [0.29, 0.717) is 6.42 Å². The molecule has 0 radical (unpaired) electrons. The fourth-order valence-electron chi connectivity index (χ4n) is 2.10. The lowest BCUT2D eigenvalue weighted by Crippen LogP contribution is -2.11. The summed E-state index contributed by atoms with van der Waals surface area (Å²) in [6, 6.07) is 7.64. The lowest BCUT2D eigenvalue weighted by Gasteiger charge is -2.21. The Morgan fingerprint density at radius 3 is 2.55 bits per heavy atom. The highest BCUT2D eigenvalue weighted by Crippen LogP contribution is 2.27. The maximum absolute atomic E-state index is 11.0. The zero-order chi connectivity index (χ0) is 15.0. The van der Waals surface area contributed by atoms with Gasteiger partial charge in [-0.05, 0) is 24.1 Å². The smallest absolute Gasteiger partial charge is 0.221 e. The first-order chi connectivity index (χ1) is 9.58. The number of aliphatic hydroxyl groups is 1. The predicted octanol–water partition coefficient (Wildman–Crippen LogP) is 2.91. The minimum Gasteiger partial charge on any atom is -0.396 e. The van der Waals surface area contributed by atoms with Gasteiger partial charge in [-0.15, -0.1) is 0 Å². The molecule has 0 aliphatic rings. The Hall–Kier alpha value is -1.65.